The minimum Gasteiger partial charge on any atom is -0.444 e. The minimum atomic E-state index is -4.52. The Kier molecular flexibility index (Phi) is 10.7. The van der Waals surface area contributed by atoms with E-state index in [9.17, 15) is 22.8 Å². The summed E-state index contributed by atoms with van der Waals surface area (Å²) in [4.78, 5) is 33.6. The summed E-state index contributed by atoms with van der Waals surface area (Å²) in [7, 11) is 0. The van der Waals surface area contributed by atoms with Gasteiger partial charge in [0, 0.05) is 43.6 Å². The summed E-state index contributed by atoms with van der Waals surface area (Å²) >= 11 is 0. The SMILES string of the molecule is Cc1cc(-c2cnn(CC3CCN(C4CCN(C(=O)OC(C)(C)C)CC4)CC3)c2)ccc1-n1cc(C(=O)NCc2nc(C(C)(C)C(F)(F)F)n[nH]2)cn1. The maximum atomic E-state index is 13.3. The van der Waals surface area contributed by atoms with Gasteiger partial charge >= 0.3 is 12.3 Å². The fourth-order valence-electron chi connectivity index (χ4n) is 6.83. The smallest absolute Gasteiger partial charge is 0.410 e. The molecule has 16 heteroatoms. The van der Waals surface area contributed by atoms with Crippen LogP contribution in [0.4, 0.5) is 18.0 Å². The van der Waals surface area contributed by atoms with Gasteiger partial charge in [0.25, 0.3) is 5.91 Å². The van der Waals surface area contributed by atoms with Crippen LogP contribution in [0.2, 0.25) is 0 Å². The van der Waals surface area contributed by atoms with Crippen LogP contribution in [0.15, 0.2) is 43.0 Å². The summed E-state index contributed by atoms with van der Waals surface area (Å²) in [5, 5.41) is 17.9. The van der Waals surface area contributed by atoms with Gasteiger partial charge in [-0.15, -0.1) is 0 Å². The average Bonchev–Trinajstić information content (AvgIpc) is 3.89. The third-order valence-electron chi connectivity index (χ3n) is 10.2. The second kappa shape index (κ2) is 15.0. The van der Waals surface area contributed by atoms with E-state index >= 15 is 0 Å². The van der Waals surface area contributed by atoms with Crippen LogP contribution < -0.4 is 5.32 Å². The zero-order valence-electron chi connectivity index (χ0n) is 31.2. The number of benzene rings is 1. The highest BCUT2D eigenvalue weighted by Crippen LogP contribution is 2.38. The van der Waals surface area contributed by atoms with Crippen LogP contribution in [-0.2, 0) is 23.2 Å². The fraction of sp³-hybridized carbons (Fsp3) is 0.568. The van der Waals surface area contributed by atoms with Gasteiger partial charge < -0.3 is 19.9 Å². The molecule has 5 heterocycles. The molecule has 2 saturated heterocycles. The first-order valence-electron chi connectivity index (χ1n) is 18.1. The second-order valence-electron chi connectivity index (χ2n) is 15.7. The van der Waals surface area contributed by atoms with Crippen molar-refractivity contribution in [3.05, 3.63) is 65.8 Å². The van der Waals surface area contributed by atoms with Crippen LogP contribution in [0.1, 0.15) is 87.9 Å². The standard InChI is InChI=1S/C37H49F3N10O3/c1-24-17-26(7-8-30(24)50-23-28(19-43-50)32(51)41-20-31-44-33(46-45-31)36(5,6)37(38,39)40)27-18-42-49(22-27)21-25-9-13-47(14-10-25)29-11-15-48(16-12-29)34(52)53-35(2,3)4/h7-8,17-19,22-23,25,29H,9-16,20-21H2,1-6H3,(H,41,51)(H,44,45,46). The first-order chi connectivity index (χ1) is 25.0. The summed E-state index contributed by atoms with van der Waals surface area (Å²) in [6, 6.07) is 6.52. The number of nitrogens with one attached hydrogen (secondary N) is 2. The van der Waals surface area contributed by atoms with Crippen molar-refractivity contribution in [2.75, 3.05) is 26.2 Å². The molecule has 1 aromatic carbocycles. The Morgan fingerprint density at radius 3 is 2.32 bits per heavy atom. The number of hydrogen-bond donors (Lipinski definition) is 2. The van der Waals surface area contributed by atoms with E-state index < -0.39 is 28.9 Å². The lowest BCUT2D eigenvalue weighted by Crippen LogP contribution is -2.50. The quantitative estimate of drug-likeness (QED) is 0.212. The van der Waals surface area contributed by atoms with Gasteiger partial charge in [-0.1, -0.05) is 6.07 Å². The number of H-pyrrole nitrogens is 1. The molecule has 4 aromatic rings. The topological polar surface area (TPSA) is 139 Å². The van der Waals surface area contributed by atoms with Crippen molar-refractivity contribution in [2.24, 2.45) is 5.92 Å². The maximum absolute atomic E-state index is 13.3. The van der Waals surface area contributed by atoms with Crippen LogP contribution in [0.5, 0.6) is 0 Å². The molecule has 0 spiro atoms. The molecule has 2 amide bonds. The number of carbonyl (C=O) groups is 2. The van der Waals surface area contributed by atoms with E-state index in [1.165, 1.54) is 6.20 Å². The van der Waals surface area contributed by atoms with Gasteiger partial charge in [0.2, 0.25) is 0 Å². The third-order valence-corrected chi connectivity index (χ3v) is 10.2. The molecular formula is C37H49F3N10O3. The second-order valence-corrected chi connectivity index (χ2v) is 15.7. The number of hydrogen-bond acceptors (Lipinski definition) is 8. The molecule has 2 fully saturated rings. The number of rotatable bonds is 9. The Hall–Kier alpha value is -4.73. The van der Waals surface area contributed by atoms with Crippen molar-refractivity contribution in [1.29, 1.82) is 0 Å². The van der Waals surface area contributed by atoms with Gasteiger partial charge in [0.1, 0.15) is 16.8 Å². The highest BCUT2D eigenvalue weighted by Gasteiger charge is 2.51. The number of aryl methyl sites for hydroxylation is 1. The summed E-state index contributed by atoms with van der Waals surface area (Å²) in [6.07, 6.45) is 6.46. The molecule has 286 valence electrons. The third kappa shape index (κ3) is 8.91. The monoisotopic (exact) mass is 738 g/mol. The zero-order chi connectivity index (χ0) is 38.1. The number of amides is 2. The van der Waals surface area contributed by atoms with Crippen molar-refractivity contribution in [1.82, 2.24) is 49.9 Å². The summed E-state index contributed by atoms with van der Waals surface area (Å²) in [5.74, 6) is -0.177. The van der Waals surface area contributed by atoms with Gasteiger partial charge in [0.05, 0.1) is 30.2 Å². The van der Waals surface area contributed by atoms with Crippen molar-refractivity contribution in [2.45, 2.75) is 104 Å². The zero-order valence-corrected chi connectivity index (χ0v) is 31.2. The first-order valence-corrected chi connectivity index (χ1v) is 18.1. The van der Waals surface area contributed by atoms with Crippen LogP contribution in [0, 0.1) is 12.8 Å². The number of likely N-dealkylation sites (tertiary alicyclic amines) is 2. The summed E-state index contributed by atoms with van der Waals surface area (Å²) in [6.45, 7) is 14.0. The van der Waals surface area contributed by atoms with E-state index in [-0.39, 0.29) is 18.5 Å². The number of ether oxygens (including phenoxy) is 1. The average molecular weight is 739 g/mol. The molecule has 13 nitrogen and oxygen atoms in total. The molecular weight excluding hydrogens is 689 g/mol. The number of aromatic nitrogens is 7. The van der Waals surface area contributed by atoms with Gasteiger partial charge in [-0.2, -0.15) is 28.5 Å². The molecule has 0 bridgehead atoms. The van der Waals surface area contributed by atoms with E-state index in [1.807, 2.05) is 55.6 Å². The number of aromatic amines is 1. The summed E-state index contributed by atoms with van der Waals surface area (Å²) < 4.78 is 49.2. The predicted molar refractivity (Wildman–Crippen MR) is 191 cm³/mol. The Morgan fingerprint density at radius 1 is 0.943 bits per heavy atom. The molecule has 0 unspecified atom stereocenters. The Labute approximate surface area is 307 Å². The van der Waals surface area contributed by atoms with Crippen LogP contribution in [0.3, 0.4) is 0 Å². The Morgan fingerprint density at radius 2 is 1.66 bits per heavy atom. The number of piperidine rings is 2. The van der Waals surface area contributed by atoms with Gasteiger partial charge in [0.15, 0.2) is 5.82 Å². The van der Waals surface area contributed by atoms with E-state index in [0.29, 0.717) is 17.5 Å². The molecule has 6 rings (SSSR count). The highest BCUT2D eigenvalue weighted by molar-refractivity contribution is 5.93. The summed E-state index contributed by atoms with van der Waals surface area (Å²) in [5.41, 5.74) is 1.38. The fourth-order valence-corrected chi connectivity index (χ4v) is 6.83. The number of alkyl halides is 3. The molecule has 53 heavy (non-hydrogen) atoms. The van der Waals surface area contributed by atoms with E-state index in [2.05, 4.69) is 47.9 Å². The molecule has 2 N–H and O–H groups in total. The van der Waals surface area contributed by atoms with Gasteiger partial charge in [-0.05, 0) is 109 Å². The van der Waals surface area contributed by atoms with Gasteiger partial charge in [-0.25, -0.2) is 14.5 Å². The molecule has 0 saturated carbocycles. The Balaban J connectivity index is 0.977. The number of nitrogens with zero attached hydrogens (tertiary/aromatic N) is 8. The Bertz CT molecular complexity index is 1890. The van der Waals surface area contributed by atoms with E-state index in [0.717, 1.165) is 94.6 Å². The lowest BCUT2D eigenvalue weighted by atomic mass is 9.92. The highest BCUT2D eigenvalue weighted by atomic mass is 19.4. The van der Waals surface area contributed by atoms with Crippen molar-refractivity contribution < 1.29 is 27.5 Å². The van der Waals surface area contributed by atoms with Crippen LogP contribution in [-0.4, -0.2) is 101 Å². The number of halogens is 3. The molecule has 2 aliphatic heterocycles. The van der Waals surface area contributed by atoms with Crippen molar-refractivity contribution >= 4 is 12.0 Å². The van der Waals surface area contributed by atoms with Crippen molar-refractivity contribution in [3.63, 3.8) is 0 Å². The maximum Gasteiger partial charge on any atom is 0.410 e. The minimum absolute atomic E-state index is 0.114. The molecule has 2 aliphatic rings. The lowest BCUT2D eigenvalue weighted by Gasteiger charge is -2.41. The van der Waals surface area contributed by atoms with Gasteiger partial charge in [-0.3, -0.25) is 14.6 Å². The molecule has 0 aliphatic carbocycles. The van der Waals surface area contributed by atoms with E-state index in [4.69, 9.17) is 4.74 Å². The van der Waals surface area contributed by atoms with Crippen molar-refractivity contribution in [3.8, 4) is 16.8 Å². The number of carbonyl (C=O) groups excluding carboxylic acids is 2. The van der Waals surface area contributed by atoms with E-state index in [1.54, 1.807) is 10.9 Å². The molecule has 0 radical (unpaired) electrons. The largest absolute Gasteiger partial charge is 0.444 e. The normalized spacial score (nSPS) is 17.0. The first kappa shape index (κ1) is 38.0. The molecule has 0 atom stereocenters. The van der Waals surface area contributed by atoms with Crippen LogP contribution in [0.25, 0.3) is 16.8 Å². The lowest BCUT2D eigenvalue weighted by molar-refractivity contribution is -0.182. The molecule has 3 aromatic heterocycles. The van der Waals surface area contributed by atoms with Crippen LogP contribution >= 0.6 is 0 Å². The predicted octanol–water partition coefficient (Wildman–Crippen LogP) is 6.04.